The number of carbonyl (C=O) groups excluding carboxylic acids is 2. The van der Waals surface area contributed by atoms with Crippen molar-refractivity contribution >= 4 is 11.9 Å². The van der Waals surface area contributed by atoms with E-state index in [1.54, 1.807) is 0 Å². The molecule has 0 radical (unpaired) electrons. The van der Waals surface area contributed by atoms with Crippen LogP contribution in [0.3, 0.4) is 0 Å². The second kappa shape index (κ2) is 7.39. The summed E-state index contributed by atoms with van der Waals surface area (Å²) in [5.74, 6) is -4.53. The number of aliphatic hydroxyl groups excluding tert-OH is 1. The van der Waals surface area contributed by atoms with Crippen molar-refractivity contribution in [3.8, 4) is 0 Å². The molecule has 0 spiro atoms. The van der Waals surface area contributed by atoms with Crippen LogP contribution in [-0.4, -0.2) is 61.2 Å². The van der Waals surface area contributed by atoms with E-state index in [2.05, 4.69) is 9.47 Å². The number of hydrogen-bond donors (Lipinski definition) is 2. The number of ether oxygens (including phenoxy) is 4. The van der Waals surface area contributed by atoms with E-state index in [1.165, 1.54) is 6.92 Å². The second-order valence-electron chi connectivity index (χ2n) is 4.10. The first kappa shape index (κ1) is 15.8. The standard InChI is InChI=1S/C11H18O8/c1-8-6-9(13)18-11(15,19-10(8)14)7-17-5-4-16-3-2-12/h8,12,15H,2-7H2,1H3. The molecular weight excluding hydrogens is 260 g/mol. The Bertz CT molecular complexity index is 318. The third kappa shape index (κ3) is 5.52. The second-order valence-corrected chi connectivity index (χ2v) is 4.10. The molecule has 0 bridgehead atoms. The minimum Gasteiger partial charge on any atom is -0.396 e. The zero-order valence-corrected chi connectivity index (χ0v) is 10.7. The van der Waals surface area contributed by atoms with Crippen LogP contribution in [0.15, 0.2) is 0 Å². The summed E-state index contributed by atoms with van der Waals surface area (Å²) in [7, 11) is 0. The largest absolute Gasteiger partial charge is 0.398 e. The van der Waals surface area contributed by atoms with E-state index >= 15 is 0 Å². The molecule has 2 N–H and O–H groups in total. The fourth-order valence-electron chi connectivity index (χ4n) is 1.38. The number of cyclic esters (lactones) is 2. The predicted molar refractivity (Wildman–Crippen MR) is 59.6 cm³/mol. The summed E-state index contributed by atoms with van der Waals surface area (Å²) in [5.41, 5.74) is 0. The van der Waals surface area contributed by atoms with Crippen LogP contribution in [0, 0.1) is 5.92 Å². The van der Waals surface area contributed by atoms with Gasteiger partial charge in [-0.15, -0.1) is 0 Å². The van der Waals surface area contributed by atoms with Crippen molar-refractivity contribution in [2.45, 2.75) is 19.3 Å². The number of aliphatic hydroxyl groups is 2. The van der Waals surface area contributed by atoms with Gasteiger partial charge >= 0.3 is 17.9 Å². The van der Waals surface area contributed by atoms with Gasteiger partial charge in [-0.25, -0.2) is 0 Å². The first-order valence-electron chi connectivity index (χ1n) is 5.90. The van der Waals surface area contributed by atoms with Gasteiger partial charge in [-0.05, 0) is 0 Å². The molecule has 1 heterocycles. The van der Waals surface area contributed by atoms with E-state index in [1.807, 2.05) is 0 Å². The van der Waals surface area contributed by atoms with Crippen molar-refractivity contribution in [1.82, 2.24) is 0 Å². The highest BCUT2D eigenvalue weighted by molar-refractivity contribution is 5.81. The summed E-state index contributed by atoms with van der Waals surface area (Å²) in [5, 5.41) is 18.3. The number of esters is 2. The van der Waals surface area contributed by atoms with Crippen molar-refractivity contribution in [3.05, 3.63) is 0 Å². The first-order valence-corrected chi connectivity index (χ1v) is 5.90. The van der Waals surface area contributed by atoms with Crippen molar-refractivity contribution < 1.29 is 38.7 Å². The molecule has 1 rings (SSSR count). The molecule has 8 nitrogen and oxygen atoms in total. The normalized spacial score (nSPS) is 27.6. The average Bonchev–Trinajstić information content (AvgIpc) is 2.41. The Balaban J connectivity index is 2.37. The van der Waals surface area contributed by atoms with Crippen LogP contribution in [-0.2, 0) is 28.5 Å². The molecule has 110 valence electrons. The van der Waals surface area contributed by atoms with Crippen molar-refractivity contribution in [2.75, 3.05) is 33.0 Å². The van der Waals surface area contributed by atoms with Crippen molar-refractivity contribution in [1.29, 1.82) is 0 Å². The Hall–Kier alpha value is -1.22. The van der Waals surface area contributed by atoms with E-state index in [9.17, 15) is 14.7 Å². The monoisotopic (exact) mass is 278 g/mol. The third-order valence-corrected chi connectivity index (χ3v) is 2.30. The van der Waals surface area contributed by atoms with Gasteiger partial charge in [0.1, 0.15) is 0 Å². The Morgan fingerprint density at radius 2 is 1.95 bits per heavy atom. The maximum absolute atomic E-state index is 11.4. The zero-order valence-electron chi connectivity index (χ0n) is 10.7. The smallest absolute Gasteiger partial charge is 0.396 e. The first-order chi connectivity index (χ1) is 8.97. The number of carbonyl (C=O) groups is 2. The molecule has 1 aliphatic rings. The Morgan fingerprint density at radius 3 is 2.63 bits per heavy atom. The van der Waals surface area contributed by atoms with Gasteiger partial charge in [0.05, 0.1) is 38.8 Å². The summed E-state index contributed by atoms with van der Waals surface area (Å²) in [6, 6.07) is 0. The molecule has 0 aromatic heterocycles. The lowest BCUT2D eigenvalue weighted by molar-refractivity contribution is -0.338. The molecule has 0 aliphatic carbocycles. The highest BCUT2D eigenvalue weighted by Gasteiger charge is 2.42. The Morgan fingerprint density at radius 1 is 1.26 bits per heavy atom. The van der Waals surface area contributed by atoms with Crippen LogP contribution < -0.4 is 0 Å². The zero-order chi connectivity index (χ0) is 14.3. The van der Waals surface area contributed by atoms with E-state index in [0.717, 1.165) is 0 Å². The summed E-state index contributed by atoms with van der Waals surface area (Å²) >= 11 is 0. The summed E-state index contributed by atoms with van der Waals surface area (Å²) in [4.78, 5) is 22.7. The lowest BCUT2D eigenvalue weighted by Gasteiger charge is -2.24. The molecule has 19 heavy (non-hydrogen) atoms. The van der Waals surface area contributed by atoms with Gasteiger partial charge in [0.25, 0.3) is 0 Å². The maximum atomic E-state index is 11.4. The number of rotatable bonds is 7. The van der Waals surface area contributed by atoms with Gasteiger partial charge in [0.2, 0.25) is 0 Å². The van der Waals surface area contributed by atoms with Crippen LogP contribution in [0.25, 0.3) is 0 Å². The summed E-state index contributed by atoms with van der Waals surface area (Å²) in [6.07, 6.45) is -0.152. The SMILES string of the molecule is CC1CC(=O)OC(O)(COCCOCCO)OC1=O. The molecule has 0 saturated carbocycles. The van der Waals surface area contributed by atoms with Gasteiger partial charge in [-0.3, -0.25) is 9.59 Å². The lowest BCUT2D eigenvalue weighted by Crippen LogP contribution is -2.43. The van der Waals surface area contributed by atoms with Crippen LogP contribution >= 0.6 is 0 Å². The van der Waals surface area contributed by atoms with E-state index < -0.39 is 30.4 Å². The quantitative estimate of drug-likeness (QED) is 0.440. The van der Waals surface area contributed by atoms with Crippen LogP contribution in [0.5, 0.6) is 0 Å². The van der Waals surface area contributed by atoms with E-state index in [0.29, 0.717) is 0 Å². The van der Waals surface area contributed by atoms with Gasteiger partial charge in [-0.2, -0.15) is 0 Å². The molecule has 1 aliphatic heterocycles. The predicted octanol–water partition coefficient (Wildman–Crippen LogP) is -1.22. The minimum atomic E-state index is -2.39. The van der Waals surface area contributed by atoms with Gasteiger partial charge in [0.15, 0.2) is 6.61 Å². The molecule has 2 atom stereocenters. The average molecular weight is 278 g/mol. The molecule has 1 saturated heterocycles. The van der Waals surface area contributed by atoms with Gasteiger partial charge < -0.3 is 29.2 Å². The fraction of sp³-hybridized carbons (Fsp3) is 0.818. The summed E-state index contributed by atoms with van der Waals surface area (Å²) < 4.78 is 19.2. The topological polar surface area (TPSA) is 112 Å². The molecule has 0 aromatic rings. The highest BCUT2D eigenvalue weighted by atomic mass is 16.9. The van der Waals surface area contributed by atoms with E-state index in [-0.39, 0.29) is 32.8 Å². The Kier molecular flexibility index (Phi) is 6.16. The molecule has 1 fully saturated rings. The lowest BCUT2D eigenvalue weighted by atomic mass is 10.1. The molecule has 0 amide bonds. The highest BCUT2D eigenvalue weighted by Crippen LogP contribution is 2.21. The molecule has 2 unspecified atom stereocenters. The number of hydrogen-bond acceptors (Lipinski definition) is 8. The van der Waals surface area contributed by atoms with Crippen LogP contribution in [0.1, 0.15) is 13.3 Å². The van der Waals surface area contributed by atoms with Gasteiger partial charge in [-0.1, -0.05) is 6.92 Å². The minimum absolute atomic E-state index is 0.0902. The van der Waals surface area contributed by atoms with Crippen molar-refractivity contribution in [2.24, 2.45) is 5.92 Å². The fourth-order valence-corrected chi connectivity index (χ4v) is 1.38. The van der Waals surface area contributed by atoms with Crippen LogP contribution in [0.4, 0.5) is 0 Å². The maximum Gasteiger partial charge on any atom is 0.398 e. The Labute approximate surface area is 110 Å². The van der Waals surface area contributed by atoms with Crippen LogP contribution in [0.2, 0.25) is 0 Å². The van der Waals surface area contributed by atoms with E-state index in [4.69, 9.17) is 14.6 Å². The molecular formula is C11H18O8. The molecule has 8 heteroatoms. The van der Waals surface area contributed by atoms with Crippen molar-refractivity contribution in [3.63, 3.8) is 0 Å². The molecule has 0 aromatic carbocycles. The van der Waals surface area contributed by atoms with Gasteiger partial charge in [0, 0.05) is 0 Å². The third-order valence-electron chi connectivity index (χ3n) is 2.30. The summed E-state index contributed by atoms with van der Waals surface area (Å²) in [6.45, 7) is 1.35.